The van der Waals surface area contributed by atoms with Gasteiger partial charge < -0.3 is 15.6 Å². The van der Waals surface area contributed by atoms with E-state index in [1.165, 1.54) is 0 Å². The van der Waals surface area contributed by atoms with Gasteiger partial charge in [0.1, 0.15) is 11.3 Å². The molecule has 1 aromatic rings. The number of carboxylic acid groups (broad SMARTS) is 1. The summed E-state index contributed by atoms with van der Waals surface area (Å²) in [6.07, 6.45) is 1.76. The lowest BCUT2D eigenvalue weighted by atomic mass is 9.81. The highest BCUT2D eigenvalue weighted by Crippen LogP contribution is 2.46. The van der Waals surface area contributed by atoms with Gasteiger partial charge in [0, 0.05) is 0 Å². The number of carboxylic acids is 1. The number of aryl methyl sites for hydroxylation is 1. The van der Waals surface area contributed by atoms with Crippen molar-refractivity contribution in [3.05, 3.63) is 28.3 Å². The molecule has 0 bridgehead atoms. The zero-order valence-electron chi connectivity index (χ0n) is 11.9. The van der Waals surface area contributed by atoms with E-state index >= 15 is 0 Å². The fraction of sp³-hybridized carbons (Fsp3) is 0.533. The third kappa shape index (κ3) is 2.00. The number of hydrogen-bond acceptors (Lipinski definition) is 3. The Kier molecular flexibility index (Phi) is 3.31. The van der Waals surface area contributed by atoms with Gasteiger partial charge in [0.2, 0.25) is 0 Å². The number of rotatable bonds is 4. The van der Waals surface area contributed by atoms with Gasteiger partial charge in [0.15, 0.2) is 0 Å². The molecule has 19 heavy (non-hydrogen) atoms. The summed E-state index contributed by atoms with van der Waals surface area (Å²) >= 11 is 0. The predicted molar refractivity (Wildman–Crippen MR) is 73.4 cm³/mol. The number of ether oxygens (including phenoxy) is 1. The van der Waals surface area contributed by atoms with Crippen molar-refractivity contribution in [3.63, 3.8) is 0 Å². The molecule has 0 radical (unpaired) electrons. The summed E-state index contributed by atoms with van der Waals surface area (Å²) in [4.78, 5) is 11.7. The minimum absolute atomic E-state index is 0.0379. The maximum absolute atomic E-state index is 11.7. The summed E-state index contributed by atoms with van der Waals surface area (Å²) in [6.45, 7) is 5.78. The van der Waals surface area contributed by atoms with Crippen molar-refractivity contribution < 1.29 is 14.6 Å². The average molecular weight is 263 g/mol. The second kappa shape index (κ2) is 4.53. The third-order valence-electron chi connectivity index (χ3n) is 4.25. The number of hydrogen-bond donors (Lipinski definition) is 2. The Labute approximate surface area is 113 Å². The number of benzene rings is 1. The smallest absolute Gasteiger partial charge is 0.328 e. The van der Waals surface area contributed by atoms with Crippen molar-refractivity contribution in [3.8, 4) is 5.75 Å². The van der Waals surface area contributed by atoms with Crippen molar-refractivity contribution in [2.75, 3.05) is 7.11 Å². The molecular weight excluding hydrogens is 242 g/mol. The van der Waals surface area contributed by atoms with Crippen LogP contribution in [0.15, 0.2) is 6.07 Å². The molecule has 1 saturated carbocycles. The fourth-order valence-electron chi connectivity index (χ4n) is 2.85. The second-order valence-corrected chi connectivity index (χ2v) is 5.47. The molecule has 1 fully saturated rings. The number of nitrogens with two attached hydrogens (primary N) is 1. The predicted octanol–water partition coefficient (Wildman–Crippen LogP) is 2.27. The largest absolute Gasteiger partial charge is 0.496 e. The van der Waals surface area contributed by atoms with Crippen LogP contribution >= 0.6 is 0 Å². The van der Waals surface area contributed by atoms with Crippen molar-refractivity contribution in [2.45, 2.75) is 39.2 Å². The Bertz CT molecular complexity index is 535. The Morgan fingerprint density at radius 1 is 1.37 bits per heavy atom. The number of aliphatic carboxylic acids is 1. The van der Waals surface area contributed by atoms with E-state index in [1.54, 1.807) is 7.11 Å². The van der Waals surface area contributed by atoms with Gasteiger partial charge in [-0.05, 0) is 67.9 Å². The number of carbonyl (C=O) groups is 1. The monoisotopic (exact) mass is 263 g/mol. The van der Waals surface area contributed by atoms with Crippen LogP contribution in [0.2, 0.25) is 0 Å². The van der Waals surface area contributed by atoms with E-state index in [0.717, 1.165) is 40.8 Å². The van der Waals surface area contributed by atoms with Gasteiger partial charge in [-0.2, -0.15) is 0 Å². The molecule has 0 spiro atoms. The first-order valence-corrected chi connectivity index (χ1v) is 6.51. The van der Waals surface area contributed by atoms with Gasteiger partial charge in [-0.3, -0.25) is 0 Å². The van der Waals surface area contributed by atoms with Crippen LogP contribution in [0.3, 0.4) is 0 Å². The molecule has 3 N–H and O–H groups in total. The Morgan fingerprint density at radius 3 is 2.37 bits per heavy atom. The van der Waals surface area contributed by atoms with Gasteiger partial charge in [-0.25, -0.2) is 4.79 Å². The van der Waals surface area contributed by atoms with Crippen LogP contribution < -0.4 is 10.5 Å². The van der Waals surface area contributed by atoms with Gasteiger partial charge in [0.05, 0.1) is 7.11 Å². The Hall–Kier alpha value is -1.55. The van der Waals surface area contributed by atoms with Crippen LogP contribution in [0.25, 0.3) is 0 Å². The van der Waals surface area contributed by atoms with Gasteiger partial charge in [0.25, 0.3) is 0 Å². The quantitative estimate of drug-likeness (QED) is 0.874. The first kappa shape index (κ1) is 13.9. The Morgan fingerprint density at radius 2 is 1.95 bits per heavy atom. The molecule has 0 saturated heterocycles. The lowest BCUT2D eigenvalue weighted by Gasteiger charge is -2.29. The maximum Gasteiger partial charge on any atom is 0.328 e. The summed E-state index contributed by atoms with van der Waals surface area (Å²) in [6, 6.07) is 1.87. The summed E-state index contributed by atoms with van der Waals surface area (Å²) in [5, 5.41) is 9.57. The Balaban J connectivity index is 2.65. The average Bonchev–Trinajstić information content (AvgIpc) is 3.17. The normalized spacial score (nSPS) is 17.9. The van der Waals surface area contributed by atoms with E-state index in [2.05, 4.69) is 0 Å². The molecule has 1 aliphatic carbocycles. The minimum atomic E-state index is -1.27. The van der Waals surface area contributed by atoms with E-state index in [9.17, 15) is 9.90 Å². The highest BCUT2D eigenvalue weighted by Gasteiger charge is 2.50. The zero-order chi connectivity index (χ0) is 14.4. The van der Waals surface area contributed by atoms with Crippen LogP contribution in [0, 0.1) is 26.7 Å². The van der Waals surface area contributed by atoms with Crippen molar-refractivity contribution in [2.24, 2.45) is 11.7 Å². The van der Waals surface area contributed by atoms with Gasteiger partial charge in [-0.1, -0.05) is 0 Å². The first-order chi connectivity index (χ1) is 8.83. The van der Waals surface area contributed by atoms with Crippen LogP contribution in [0.4, 0.5) is 0 Å². The van der Waals surface area contributed by atoms with E-state index in [4.69, 9.17) is 10.5 Å². The zero-order valence-corrected chi connectivity index (χ0v) is 11.9. The van der Waals surface area contributed by atoms with Gasteiger partial charge in [-0.15, -0.1) is 0 Å². The van der Waals surface area contributed by atoms with Crippen LogP contribution in [-0.2, 0) is 10.3 Å². The van der Waals surface area contributed by atoms with Crippen LogP contribution in [0.1, 0.15) is 35.1 Å². The van der Waals surface area contributed by atoms with E-state index in [1.807, 2.05) is 26.8 Å². The summed E-state index contributed by atoms with van der Waals surface area (Å²) in [5.74, 6) is -0.0947. The first-order valence-electron chi connectivity index (χ1n) is 6.51. The van der Waals surface area contributed by atoms with E-state index in [0.29, 0.717) is 0 Å². The molecule has 0 aliphatic heterocycles. The van der Waals surface area contributed by atoms with Crippen molar-refractivity contribution in [1.82, 2.24) is 0 Å². The third-order valence-corrected chi connectivity index (χ3v) is 4.25. The summed E-state index contributed by atoms with van der Waals surface area (Å²) in [7, 11) is 1.63. The molecule has 0 amide bonds. The molecule has 4 heteroatoms. The van der Waals surface area contributed by atoms with E-state index < -0.39 is 11.5 Å². The SMILES string of the molecule is COc1c(C)cc(C(N)(C(=O)O)C2CC2)c(C)c1C. The summed E-state index contributed by atoms with van der Waals surface area (Å²) < 4.78 is 5.37. The van der Waals surface area contributed by atoms with Crippen molar-refractivity contribution >= 4 is 5.97 Å². The van der Waals surface area contributed by atoms with E-state index in [-0.39, 0.29) is 5.92 Å². The molecular formula is C15H21NO3. The maximum atomic E-state index is 11.7. The molecule has 4 nitrogen and oxygen atoms in total. The number of methoxy groups -OCH3 is 1. The highest BCUT2D eigenvalue weighted by molar-refractivity contribution is 5.82. The van der Waals surface area contributed by atoms with Crippen LogP contribution in [0.5, 0.6) is 5.75 Å². The molecule has 1 unspecified atom stereocenters. The summed E-state index contributed by atoms with van der Waals surface area (Å²) in [5.41, 5.74) is 8.52. The highest BCUT2D eigenvalue weighted by atomic mass is 16.5. The molecule has 1 atom stereocenters. The minimum Gasteiger partial charge on any atom is -0.496 e. The molecule has 2 rings (SSSR count). The topological polar surface area (TPSA) is 72.5 Å². The molecule has 1 aromatic carbocycles. The standard InChI is InChI=1S/C15H21NO3/c1-8-7-12(9(2)10(3)13(8)19-4)15(16,14(17)18)11-5-6-11/h7,11H,5-6,16H2,1-4H3,(H,17,18). The van der Waals surface area contributed by atoms with Gasteiger partial charge >= 0.3 is 5.97 Å². The molecule has 1 aliphatic rings. The second-order valence-electron chi connectivity index (χ2n) is 5.47. The molecule has 0 heterocycles. The lowest BCUT2D eigenvalue weighted by Crippen LogP contribution is -2.47. The fourth-order valence-corrected chi connectivity index (χ4v) is 2.85. The van der Waals surface area contributed by atoms with Crippen LogP contribution in [-0.4, -0.2) is 18.2 Å². The molecule has 104 valence electrons. The lowest BCUT2D eigenvalue weighted by molar-refractivity contribution is -0.144. The molecule has 0 aromatic heterocycles. The van der Waals surface area contributed by atoms with Crippen molar-refractivity contribution in [1.29, 1.82) is 0 Å².